The highest BCUT2D eigenvalue weighted by Crippen LogP contribution is 2.29. The highest BCUT2D eigenvalue weighted by Gasteiger charge is 2.27. The molecule has 1 heterocycles. The lowest BCUT2D eigenvalue weighted by atomic mass is 9.85. The van der Waals surface area contributed by atoms with E-state index in [2.05, 4.69) is 13.0 Å². The van der Waals surface area contributed by atoms with Crippen molar-refractivity contribution in [3.8, 4) is 0 Å². The molecule has 0 aliphatic carbocycles. The summed E-state index contributed by atoms with van der Waals surface area (Å²) in [4.78, 5) is 24.0. The van der Waals surface area contributed by atoms with Gasteiger partial charge in [0.2, 0.25) is 5.91 Å². The van der Waals surface area contributed by atoms with E-state index in [0.29, 0.717) is 0 Å². The number of fused-ring (bicyclic) bond motifs is 1. The molecule has 0 radical (unpaired) electrons. The number of unbranched alkanes of at least 4 members (excludes halogenated alkanes) is 3. The third kappa shape index (κ3) is 5.18. The summed E-state index contributed by atoms with van der Waals surface area (Å²) in [5.41, 5.74) is 1.39. The number of benzene rings is 1. The van der Waals surface area contributed by atoms with Crippen molar-refractivity contribution in [3.05, 3.63) is 36.0 Å². The summed E-state index contributed by atoms with van der Waals surface area (Å²) in [6, 6.07) is 10.0. The van der Waals surface area contributed by atoms with E-state index in [1.165, 1.54) is 12.8 Å². The molecule has 0 bridgehead atoms. The lowest BCUT2D eigenvalue weighted by molar-refractivity contribution is -0.139. The minimum atomic E-state index is -0.866. The molecule has 4 nitrogen and oxygen atoms in total. The standard InChI is InChI=1S/C21H29NO3/c1-4-5-6-7-11-17-13-16-10-8-9-12-18(16)22(17)19(23)14-21(2,3)15-20(24)25/h8-10,12-13H,4-7,11,14-15H2,1-3H3,(H,24,25). The summed E-state index contributed by atoms with van der Waals surface area (Å²) in [7, 11) is 0. The Balaban J connectivity index is 2.27. The van der Waals surface area contributed by atoms with E-state index in [4.69, 9.17) is 5.11 Å². The Labute approximate surface area is 149 Å². The van der Waals surface area contributed by atoms with E-state index in [1.54, 1.807) is 0 Å². The predicted molar refractivity (Wildman–Crippen MR) is 101 cm³/mol. The van der Waals surface area contributed by atoms with E-state index < -0.39 is 11.4 Å². The van der Waals surface area contributed by atoms with Gasteiger partial charge in [0.1, 0.15) is 0 Å². The molecule has 0 unspecified atom stereocenters. The van der Waals surface area contributed by atoms with Crippen molar-refractivity contribution in [3.63, 3.8) is 0 Å². The number of carboxylic acids is 1. The van der Waals surface area contributed by atoms with Gasteiger partial charge in [0.25, 0.3) is 0 Å². The van der Waals surface area contributed by atoms with Gasteiger partial charge >= 0.3 is 5.97 Å². The molecule has 1 aromatic carbocycles. The molecule has 1 N–H and O–H groups in total. The molecule has 0 aliphatic rings. The Morgan fingerprint density at radius 1 is 1.08 bits per heavy atom. The van der Waals surface area contributed by atoms with Gasteiger partial charge < -0.3 is 5.11 Å². The number of carbonyl (C=O) groups is 2. The highest BCUT2D eigenvalue weighted by atomic mass is 16.4. The third-order valence-electron chi connectivity index (χ3n) is 4.58. The first kappa shape index (κ1) is 19.2. The SMILES string of the molecule is CCCCCCc1cc2ccccc2n1C(=O)CC(C)(C)CC(=O)O. The Hall–Kier alpha value is -2.10. The van der Waals surface area contributed by atoms with Crippen LogP contribution in [-0.4, -0.2) is 21.6 Å². The number of aliphatic carboxylic acids is 1. The van der Waals surface area contributed by atoms with Gasteiger partial charge in [0.15, 0.2) is 0 Å². The molecule has 136 valence electrons. The molecule has 0 saturated carbocycles. The average molecular weight is 343 g/mol. The van der Waals surface area contributed by atoms with Gasteiger partial charge in [-0.2, -0.15) is 0 Å². The van der Waals surface area contributed by atoms with Crippen molar-refractivity contribution in [1.82, 2.24) is 4.57 Å². The molecule has 1 aromatic heterocycles. The highest BCUT2D eigenvalue weighted by molar-refractivity contribution is 5.94. The molecular weight excluding hydrogens is 314 g/mol. The zero-order valence-corrected chi connectivity index (χ0v) is 15.5. The molecule has 0 spiro atoms. The van der Waals surface area contributed by atoms with Crippen molar-refractivity contribution in [1.29, 1.82) is 0 Å². The first-order chi connectivity index (χ1) is 11.8. The van der Waals surface area contributed by atoms with Crippen molar-refractivity contribution in [2.24, 2.45) is 5.41 Å². The second-order valence-electron chi connectivity index (χ2n) is 7.65. The monoisotopic (exact) mass is 343 g/mol. The van der Waals surface area contributed by atoms with Crippen LogP contribution in [-0.2, 0) is 11.2 Å². The van der Waals surface area contributed by atoms with Crippen molar-refractivity contribution < 1.29 is 14.7 Å². The number of nitrogens with zero attached hydrogens (tertiary/aromatic N) is 1. The second-order valence-corrected chi connectivity index (χ2v) is 7.65. The first-order valence-corrected chi connectivity index (χ1v) is 9.18. The maximum Gasteiger partial charge on any atom is 0.303 e. The lowest BCUT2D eigenvalue weighted by Crippen LogP contribution is -2.25. The van der Waals surface area contributed by atoms with Crippen LogP contribution in [0.4, 0.5) is 0 Å². The number of aromatic nitrogens is 1. The molecule has 25 heavy (non-hydrogen) atoms. The van der Waals surface area contributed by atoms with E-state index in [-0.39, 0.29) is 18.7 Å². The number of rotatable bonds is 9. The summed E-state index contributed by atoms with van der Waals surface area (Å²) >= 11 is 0. The molecular formula is C21H29NO3. The number of hydrogen-bond donors (Lipinski definition) is 1. The van der Waals surface area contributed by atoms with Crippen LogP contribution in [0.25, 0.3) is 10.9 Å². The van der Waals surface area contributed by atoms with Crippen LogP contribution in [0.2, 0.25) is 0 Å². The summed E-state index contributed by atoms with van der Waals surface area (Å²) < 4.78 is 1.81. The fourth-order valence-electron chi connectivity index (χ4n) is 3.38. The average Bonchev–Trinajstić information content (AvgIpc) is 2.88. The summed E-state index contributed by atoms with van der Waals surface area (Å²) in [6.07, 6.45) is 5.71. The topological polar surface area (TPSA) is 59.3 Å². The van der Waals surface area contributed by atoms with Crippen molar-refractivity contribution in [2.75, 3.05) is 0 Å². The third-order valence-corrected chi connectivity index (χ3v) is 4.58. The van der Waals surface area contributed by atoms with Crippen LogP contribution < -0.4 is 0 Å². The Bertz CT molecular complexity index is 743. The fourth-order valence-corrected chi connectivity index (χ4v) is 3.38. The van der Waals surface area contributed by atoms with Gasteiger partial charge in [-0.15, -0.1) is 0 Å². The zero-order chi connectivity index (χ0) is 18.4. The van der Waals surface area contributed by atoms with Crippen LogP contribution >= 0.6 is 0 Å². The maximum atomic E-state index is 13.0. The van der Waals surface area contributed by atoms with Crippen LogP contribution in [0.15, 0.2) is 30.3 Å². The molecule has 4 heteroatoms. The molecule has 0 saturated heterocycles. The van der Waals surface area contributed by atoms with Gasteiger partial charge in [-0.25, -0.2) is 0 Å². The largest absolute Gasteiger partial charge is 0.481 e. The van der Waals surface area contributed by atoms with Gasteiger partial charge in [0.05, 0.1) is 11.9 Å². The normalized spacial score (nSPS) is 11.8. The van der Waals surface area contributed by atoms with Crippen LogP contribution in [0.1, 0.15) is 69.8 Å². The summed E-state index contributed by atoms with van der Waals surface area (Å²) in [6.45, 7) is 5.86. The first-order valence-electron chi connectivity index (χ1n) is 9.18. The summed E-state index contributed by atoms with van der Waals surface area (Å²) in [5.74, 6) is -0.882. The van der Waals surface area contributed by atoms with Gasteiger partial charge in [-0.05, 0) is 30.4 Å². The number of aryl methyl sites for hydroxylation is 1. The lowest BCUT2D eigenvalue weighted by Gasteiger charge is -2.22. The Morgan fingerprint density at radius 2 is 1.80 bits per heavy atom. The van der Waals surface area contributed by atoms with Crippen LogP contribution in [0.5, 0.6) is 0 Å². The van der Waals surface area contributed by atoms with E-state index in [9.17, 15) is 9.59 Å². The minimum absolute atomic E-state index is 0.0101. The van der Waals surface area contributed by atoms with Gasteiger partial charge in [-0.3, -0.25) is 14.2 Å². The number of carboxylic acid groups (broad SMARTS) is 1. The molecule has 0 aliphatic heterocycles. The smallest absolute Gasteiger partial charge is 0.303 e. The zero-order valence-electron chi connectivity index (χ0n) is 15.5. The van der Waals surface area contributed by atoms with Crippen LogP contribution in [0.3, 0.4) is 0 Å². The Kier molecular flexibility index (Phi) is 6.40. The molecule has 0 amide bonds. The number of para-hydroxylation sites is 1. The van der Waals surface area contributed by atoms with E-state index >= 15 is 0 Å². The van der Waals surface area contributed by atoms with Gasteiger partial charge in [-0.1, -0.05) is 58.2 Å². The summed E-state index contributed by atoms with van der Waals surface area (Å²) in [5, 5.41) is 10.1. The molecule has 2 rings (SSSR count). The molecule has 0 atom stereocenters. The fraction of sp³-hybridized carbons (Fsp3) is 0.524. The second kappa shape index (κ2) is 8.32. The van der Waals surface area contributed by atoms with E-state index in [0.717, 1.165) is 35.9 Å². The number of hydrogen-bond acceptors (Lipinski definition) is 2. The van der Waals surface area contributed by atoms with Gasteiger partial charge in [0, 0.05) is 17.5 Å². The number of carbonyl (C=O) groups excluding carboxylic acids is 1. The Morgan fingerprint density at radius 3 is 2.48 bits per heavy atom. The predicted octanol–water partition coefficient (Wildman–Crippen LogP) is 5.30. The van der Waals surface area contributed by atoms with Crippen molar-refractivity contribution in [2.45, 2.75) is 65.7 Å². The molecule has 0 fully saturated rings. The quantitative estimate of drug-likeness (QED) is 0.629. The van der Waals surface area contributed by atoms with Crippen molar-refractivity contribution >= 4 is 22.8 Å². The van der Waals surface area contributed by atoms with E-state index in [1.807, 2.05) is 42.7 Å². The molecule has 2 aromatic rings. The maximum absolute atomic E-state index is 13.0. The van der Waals surface area contributed by atoms with Crippen LogP contribution in [0, 0.1) is 5.41 Å². The minimum Gasteiger partial charge on any atom is -0.481 e.